The maximum atomic E-state index is 12.8. The summed E-state index contributed by atoms with van der Waals surface area (Å²) in [6.45, 7) is 4.40. The molecule has 1 amide bonds. The normalized spacial score (nSPS) is 13.6. The van der Waals surface area contributed by atoms with E-state index in [1.54, 1.807) is 18.2 Å². The Labute approximate surface area is 204 Å². The number of hydrogen-bond acceptors (Lipinski definition) is 6. The van der Waals surface area contributed by atoms with Crippen LogP contribution >= 0.6 is 11.6 Å². The summed E-state index contributed by atoms with van der Waals surface area (Å²) in [6, 6.07) is 16.9. The van der Waals surface area contributed by atoms with Crippen LogP contribution in [-0.4, -0.2) is 59.8 Å². The number of benzene rings is 2. The molecule has 8 heteroatoms. The van der Waals surface area contributed by atoms with Gasteiger partial charge in [0.15, 0.2) is 5.78 Å². The van der Waals surface area contributed by atoms with Crippen molar-refractivity contribution in [3.8, 4) is 17.0 Å². The van der Waals surface area contributed by atoms with Crippen LogP contribution in [0.25, 0.3) is 11.3 Å². The van der Waals surface area contributed by atoms with E-state index in [0.717, 1.165) is 17.1 Å². The smallest absolute Gasteiger partial charge is 0.223 e. The summed E-state index contributed by atoms with van der Waals surface area (Å²) in [5.74, 6) is 1.85. The van der Waals surface area contributed by atoms with Crippen LogP contribution in [0.4, 0.5) is 5.82 Å². The monoisotopic (exact) mass is 478 g/mol. The molecule has 0 unspecified atom stereocenters. The fraction of sp³-hybridized carbons (Fsp3) is 0.308. The number of ether oxygens (including phenoxy) is 1. The van der Waals surface area contributed by atoms with Crippen LogP contribution in [0.2, 0.25) is 5.02 Å². The molecule has 7 nitrogen and oxygen atoms in total. The molecule has 0 aliphatic carbocycles. The van der Waals surface area contributed by atoms with Gasteiger partial charge in [-0.3, -0.25) is 9.59 Å². The zero-order chi connectivity index (χ0) is 24.1. The van der Waals surface area contributed by atoms with E-state index in [4.69, 9.17) is 16.3 Å². The summed E-state index contributed by atoms with van der Waals surface area (Å²) in [5, 5.41) is 0.460. The number of carbonyl (C=O) groups excluding carboxylic acids is 2. The van der Waals surface area contributed by atoms with Gasteiger partial charge in [-0.1, -0.05) is 41.9 Å². The highest BCUT2D eigenvalue weighted by molar-refractivity contribution is 6.31. The predicted octanol–water partition coefficient (Wildman–Crippen LogP) is 4.43. The molecule has 1 aromatic heterocycles. The first kappa shape index (κ1) is 23.7. The number of nitrogens with zero attached hydrogens (tertiary/aromatic N) is 4. The molecule has 0 saturated carbocycles. The van der Waals surface area contributed by atoms with Gasteiger partial charge in [-0.05, 0) is 25.1 Å². The topological polar surface area (TPSA) is 75.6 Å². The Bertz CT molecular complexity index is 1180. The lowest BCUT2D eigenvalue weighted by molar-refractivity contribution is -0.131. The molecule has 1 fully saturated rings. The van der Waals surface area contributed by atoms with E-state index in [-0.39, 0.29) is 24.5 Å². The first-order chi connectivity index (χ1) is 16.4. The molecule has 0 atom stereocenters. The van der Waals surface area contributed by atoms with Crippen molar-refractivity contribution in [2.24, 2.45) is 0 Å². The van der Waals surface area contributed by atoms with Gasteiger partial charge in [0, 0.05) is 55.7 Å². The third kappa shape index (κ3) is 5.54. The van der Waals surface area contributed by atoms with Crippen molar-refractivity contribution in [1.82, 2.24) is 14.9 Å². The molecule has 0 bridgehead atoms. The van der Waals surface area contributed by atoms with Crippen LogP contribution in [0.5, 0.6) is 5.75 Å². The van der Waals surface area contributed by atoms with Crippen molar-refractivity contribution < 1.29 is 14.3 Å². The van der Waals surface area contributed by atoms with Crippen LogP contribution in [0.15, 0.2) is 54.6 Å². The van der Waals surface area contributed by atoms with Crippen molar-refractivity contribution in [3.63, 3.8) is 0 Å². The third-order valence-electron chi connectivity index (χ3n) is 5.88. The number of halogens is 1. The zero-order valence-electron chi connectivity index (χ0n) is 19.3. The van der Waals surface area contributed by atoms with Crippen LogP contribution < -0.4 is 9.64 Å². The fourth-order valence-corrected chi connectivity index (χ4v) is 4.24. The van der Waals surface area contributed by atoms with E-state index >= 15 is 0 Å². The minimum Gasteiger partial charge on any atom is -0.496 e. The number of amides is 1. The van der Waals surface area contributed by atoms with Gasteiger partial charge >= 0.3 is 0 Å². The number of aryl methyl sites for hydroxylation is 1. The highest BCUT2D eigenvalue weighted by Gasteiger charge is 2.24. The second-order valence-corrected chi connectivity index (χ2v) is 8.60. The lowest BCUT2D eigenvalue weighted by Crippen LogP contribution is -2.49. The van der Waals surface area contributed by atoms with Gasteiger partial charge in [0.05, 0.1) is 18.4 Å². The molecule has 1 saturated heterocycles. The van der Waals surface area contributed by atoms with Gasteiger partial charge in [0.25, 0.3) is 0 Å². The Kier molecular flexibility index (Phi) is 7.43. The Hall–Kier alpha value is -3.45. The largest absolute Gasteiger partial charge is 0.496 e. The van der Waals surface area contributed by atoms with E-state index in [2.05, 4.69) is 14.9 Å². The molecular weight excluding hydrogens is 452 g/mol. The second kappa shape index (κ2) is 10.7. The van der Waals surface area contributed by atoms with Gasteiger partial charge < -0.3 is 14.5 Å². The Morgan fingerprint density at radius 1 is 0.971 bits per heavy atom. The average Bonchev–Trinajstić information content (AvgIpc) is 2.87. The highest BCUT2D eigenvalue weighted by atomic mass is 35.5. The van der Waals surface area contributed by atoms with Crippen LogP contribution in [-0.2, 0) is 4.79 Å². The number of hydrogen-bond donors (Lipinski definition) is 0. The van der Waals surface area contributed by atoms with E-state index in [9.17, 15) is 9.59 Å². The quantitative estimate of drug-likeness (QED) is 0.468. The summed E-state index contributed by atoms with van der Waals surface area (Å²) in [4.78, 5) is 38.6. The van der Waals surface area contributed by atoms with Crippen molar-refractivity contribution in [3.05, 3.63) is 71.0 Å². The molecule has 2 heterocycles. The molecule has 0 N–H and O–H groups in total. The molecule has 1 aliphatic rings. The lowest BCUT2D eigenvalue weighted by Gasteiger charge is -2.35. The van der Waals surface area contributed by atoms with E-state index in [0.29, 0.717) is 48.3 Å². The Morgan fingerprint density at radius 2 is 1.71 bits per heavy atom. The van der Waals surface area contributed by atoms with Gasteiger partial charge in [0.2, 0.25) is 5.91 Å². The third-order valence-corrected chi connectivity index (χ3v) is 6.11. The molecule has 2 aromatic carbocycles. The number of piperazine rings is 1. The van der Waals surface area contributed by atoms with E-state index in [1.165, 1.54) is 7.11 Å². The van der Waals surface area contributed by atoms with Crippen LogP contribution in [0.3, 0.4) is 0 Å². The molecule has 176 valence electrons. The lowest BCUT2D eigenvalue weighted by atomic mass is 10.0. The van der Waals surface area contributed by atoms with Crippen molar-refractivity contribution in [2.75, 3.05) is 38.2 Å². The Morgan fingerprint density at radius 3 is 2.41 bits per heavy atom. The van der Waals surface area contributed by atoms with Crippen molar-refractivity contribution >= 4 is 29.1 Å². The van der Waals surface area contributed by atoms with Crippen LogP contribution in [0.1, 0.15) is 29.0 Å². The van der Waals surface area contributed by atoms with Gasteiger partial charge in [0.1, 0.15) is 17.4 Å². The summed E-state index contributed by atoms with van der Waals surface area (Å²) in [7, 11) is 1.51. The number of aromatic nitrogens is 2. The Balaban J connectivity index is 1.34. The van der Waals surface area contributed by atoms with E-state index in [1.807, 2.05) is 48.2 Å². The molecule has 4 rings (SSSR count). The first-order valence-corrected chi connectivity index (χ1v) is 11.6. The molecule has 0 spiro atoms. The first-order valence-electron chi connectivity index (χ1n) is 11.2. The van der Waals surface area contributed by atoms with Crippen LogP contribution in [0, 0.1) is 6.92 Å². The zero-order valence-corrected chi connectivity index (χ0v) is 20.1. The summed E-state index contributed by atoms with van der Waals surface area (Å²) in [6.07, 6.45) is 0.264. The van der Waals surface area contributed by atoms with E-state index < -0.39 is 0 Å². The molecule has 1 aliphatic heterocycles. The number of ketones is 1. The minimum atomic E-state index is -0.156. The SMILES string of the molecule is COc1ccc(Cl)cc1C(=O)CCC(=O)N1CCN(c2cc(-c3ccccc3)nc(C)n2)CC1. The second-order valence-electron chi connectivity index (χ2n) is 8.16. The molecule has 34 heavy (non-hydrogen) atoms. The van der Waals surface area contributed by atoms with Gasteiger partial charge in [-0.15, -0.1) is 0 Å². The van der Waals surface area contributed by atoms with Crippen molar-refractivity contribution in [2.45, 2.75) is 19.8 Å². The van der Waals surface area contributed by atoms with Gasteiger partial charge in [-0.25, -0.2) is 9.97 Å². The summed E-state index contributed by atoms with van der Waals surface area (Å²) in [5.41, 5.74) is 2.33. The molecule has 3 aromatic rings. The van der Waals surface area contributed by atoms with Gasteiger partial charge in [-0.2, -0.15) is 0 Å². The number of anilines is 1. The maximum absolute atomic E-state index is 12.8. The minimum absolute atomic E-state index is 0.0298. The number of carbonyl (C=O) groups is 2. The highest BCUT2D eigenvalue weighted by Crippen LogP contribution is 2.25. The predicted molar refractivity (Wildman–Crippen MR) is 133 cm³/mol. The molecular formula is C26H27ClN4O3. The summed E-state index contributed by atoms with van der Waals surface area (Å²) >= 11 is 6.02. The number of methoxy groups -OCH3 is 1. The number of Topliss-reactive ketones (excluding diaryl/α,β-unsaturated/α-hetero) is 1. The number of rotatable bonds is 7. The van der Waals surface area contributed by atoms with Crippen molar-refractivity contribution in [1.29, 1.82) is 0 Å². The average molecular weight is 479 g/mol. The maximum Gasteiger partial charge on any atom is 0.223 e. The summed E-state index contributed by atoms with van der Waals surface area (Å²) < 4.78 is 5.25. The molecule has 0 radical (unpaired) electrons. The standard InChI is InChI=1S/C26H27ClN4O3/c1-18-28-22(19-6-4-3-5-7-19)17-25(29-18)30-12-14-31(15-13-30)26(33)11-9-23(32)21-16-20(27)8-10-24(21)34-2/h3-8,10,16-17H,9,11-15H2,1-2H3. The fourth-order valence-electron chi connectivity index (χ4n) is 4.07.